The first-order chi connectivity index (χ1) is 34.9. The smallest absolute Gasteiger partial charge is 0.306 e. The fourth-order valence-electron chi connectivity index (χ4n) is 10.2. The van der Waals surface area contributed by atoms with Crippen LogP contribution in [0.1, 0.15) is 374 Å². The van der Waals surface area contributed by atoms with Crippen molar-refractivity contribution in [2.45, 2.75) is 381 Å². The Hall–Kier alpha value is -1.59. The third-order valence-corrected chi connectivity index (χ3v) is 15.0. The Labute approximate surface area is 444 Å². The summed E-state index contributed by atoms with van der Waals surface area (Å²) < 4.78 is 17.0. The zero-order valence-corrected chi connectivity index (χ0v) is 48.7. The monoisotopic (exact) mass is 1000 g/mol. The molecule has 0 saturated carbocycles. The molecule has 0 aromatic heterocycles. The Bertz CT molecular complexity index is 1070. The molecule has 0 saturated heterocycles. The van der Waals surface area contributed by atoms with Crippen molar-refractivity contribution in [1.82, 2.24) is 0 Å². The van der Waals surface area contributed by atoms with E-state index in [4.69, 9.17) is 14.2 Å². The van der Waals surface area contributed by atoms with Gasteiger partial charge in [0.1, 0.15) is 13.2 Å². The second kappa shape index (κ2) is 59.3. The molecule has 0 radical (unpaired) electrons. The van der Waals surface area contributed by atoms with Crippen LogP contribution in [0.25, 0.3) is 0 Å². The summed E-state index contributed by atoms with van der Waals surface area (Å²) in [6.07, 6.45) is 66.8. The Morgan fingerprint density at radius 3 is 0.690 bits per heavy atom. The van der Waals surface area contributed by atoms with Crippen LogP contribution in [0.2, 0.25) is 0 Å². The van der Waals surface area contributed by atoms with Gasteiger partial charge in [0, 0.05) is 19.3 Å². The molecule has 0 unspecified atom stereocenters. The van der Waals surface area contributed by atoms with Crippen molar-refractivity contribution in [2.75, 3.05) is 13.2 Å². The van der Waals surface area contributed by atoms with Crippen molar-refractivity contribution in [3.63, 3.8) is 0 Å². The minimum absolute atomic E-state index is 0.0611. The van der Waals surface area contributed by atoms with Crippen LogP contribution in [0.3, 0.4) is 0 Å². The van der Waals surface area contributed by atoms with Gasteiger partial charge in [0.05, 0.1) is 0 Å². The molecule has 0 heterocycles. The molecule has 71 heavy (non-hydrogen) atoms. The molecule has 0 rings (SSSR count). The summed E-state index contributed by atoms with van der Waals surface area (Å²) >= 11 is 0. The molecule has 0 amide bonds. The topological polar surface area (TPSA) is 78.9 Å². The summed E-state index contributed by atoms with van der Waals surface area (Å²) in [6, 6.07) is 0. The van der Waals surface area contributed by atoms with Crippen LogP contribution in [0.15, 0.2) is 0 Å². The lowest BCUT2D eigenvalue weighted by molar-refractivity contribution is -0.167. The summed E-state index contributed by atoms with van der Waals surface area (Å²) in [4.78, 5) is 38.3. The minimum atomic E-state index is -0.762. The van der Waals surface area contributed by atoms with Crippen molar-refractivity contribution in [3.05, 3.63) is 0 Å². The largest absolute Gasteiger partial charge is 0.462 e. The Balaban J connectivity index is 4.22. The van der Waals surface area contributed by atoms with Crippen LogP contribution < -0.4 is 0 Å². The molecule has 6 heteroatoms. The van der Waals surface area contributed by atoms with E-state index >= 15 is 0 Å². The zero-order valence-electron chi connectivity index (χ0n) is 48.7. The highest BCUT2D eigenvalue weighted by molar-refractivity contribution is 5.71. The van der Waals surface area contributed by atoms with Gasteiger partial charge in [0.25, 0.3) is 0 Å². The standard InChI is InChI=1S/C65H126O6/c1-5-7-9-11-13-15-17-19-20-21-22-26-29-33-36-40-44-48-52-56-63(66)69-59-62(71-65(68)58-54-50-46-42-38-31-18-16-14-12-10-8-6-2)60-70-64(67)57-53-49-45-41-37-34-30-27-24-23-25-28-32-35-39-43-47-51-55-61(3)4/h61-62H,5-60H2,1-4H3/t62-/m0/s1. The lowest BCUT2D eigenvalue weighted by Gasteiger charge is -2.18. The van der Waals surface area contributed by atoms with Gasteiger partial charge in [-0.25, -0.2) is 0 Å². The normalized spacial score (nSPS) is 12.0. The third-order valence-electron chi connectivity index (χ3n) is 15.0. The van der Waals surface area contributed by atoms with E-state index in [-0.39, 0.29) is 31.1 Å². The SMILES string of the molecule is CCCCCCCCCCCCCCCCCCCCCC(=O)OC[C@@H](COC(=O)CCCCCCCCCCCCCCCCCCCCC(C)C)OC(=O)CCCCCCCCCCCCCCC. The first-order valence-electron chi connectivity index (χ1n) is 32.4. The predicted octanol–water partition coefficient (Wildman–Crippen LogP) is 21.7. The molecule has 0 spiro atoms. The minimum Gasteiger partial charge on any atom is -0.462 e. The van der Waals surface area contributed by atoms with Crippen LogP contribution in [0.4, 0.5) is 0 Å². The Morgan fingerprint density at radius 1 is 0.268 bits per heavy atom. The lowest BCUT2D eigenvalue weighted by atomic mass is 10.0. The molecule has 422 valence electrons. The summed E-state index contributed by atoms with van der Waals surface area (Å²) in [6.45, 7) is 9.10. The first kappa shape index (κ1) is 69.4. The first-order valence-corrected chi connectivity index (χ1v) is 32.4. The molecule has 6 nitrogen and oxygen atoms in total. The lowest BCUT2D eigenvalue weighted by Crippen LogP contribution is -2.30. The van der Waals surface area contributed by atoms with E-state index in [0.29, 0.717) is 19.3 Å². The van der Waals surface area contributed by atoms with E-state index in [2.05, 4.69) is 27.7 Å². The summed E-state index contributed by atoms with van der Waals surface area (Å²) in [7, 11) is 0. The number of ether oxygens (including phenoxy) is 3. The number of carbonyl (C=O) groups excluding carboxylic acids is 3. The van der Waals surface area contributed by atoms with Gasteiger partial charge < -0.3 is 14.2 Å². The summed E-state index contributed by atoms with van der Waals surface area (Å²) in [5.74, 6) is 0.0321. The molecule has 0 fully saturated rings. The van der Waals surface area contributed by atoms with Crippen LogP contribution in [0, 0.1) is 5.92 Å². The van der Waals surface area contributed by atoms with Gasteiger partial charge in [0.2, 0.25) is 0 Å². The zero-order chi connectivity index (χ0) is 51.6. The maximum absolute atomic E-state index is 12.9. The van der Waals surface area contributed by atoms with Crippen molar-refractivity contribution in [3.8, 4) is 0 Å². The van der Waals surface area contributed by atoms with Gasteiger partial charge >= 0.3 is 17.9 Å². The maximum Gasteiger partial charge on any atom is 0.306 e. The Kier molecular flexibility index (Phi) is 58.0. The van der Waals surface area contributed by atoms with Crippen LogP contribution in [-0.4, -0.2) is 37.2 Å². The van der Waals surface area contributed by atoms with Crippen LogP contribution >= 0.6 is 0 Å². The number of unbranched alkanes of at least 4 members (excludes halogenated alkanes) is 47. The van der Waals surface area contributed by atoms with E-state index in [0.717, 1.165) is 63.7 Å². The van der Waals surface area contributed by atoms with Crippen molar-refractivity contribution in [1.29, 1.82) is 0 Å². The molecule has 0 aromatic rings. The number of esters is 3. The molecule has 0 aliphatic heterocycles. The van der Waals surface area contributed by atoms with Crippen LogP contribution in [0.5, 0.6) is 0 Å². The van der Waals surface area contributed by atoms with Gasteiger partial charge in [-0.1, -0.05) is 336 Å². The second-order valence-corrected chi connectivity index (χ2v) is 22.9. The average molecular weight is 1000 g/mol. The van der Waals surface area contributed by atoms with Gasteiger partial charge in [-0.3, -0.25) is 14.4 Å². The van der Waals surface area contributed by atoms with E-state index < -0.39 is 6.10 Å². The van der Waals surface area contributed by atoms with Crippen molar-refractivity contribution in [2.24, 2.45) is 5.92 Å². The highest BCUT2D eigenvalue weighted by Gasteiger charge is 2.19. The fourth-order valence-corrected chi connectivity index (χ4v) is 10.2. The van der Waals surface area contributed by atoms with E-state index in [1.54, 1.807) is 0 Å². The molecule has 0 N–H and O–H groups in total. The van der Waals surface area contributed by atoms with Crippen molar-refractivity contribution >= 4 is 17.9 Å². The van der Waals surface area contributed by atoms with Gasteiger partial charge in [-0.15, -0.1) is 0 Å². The van der Waals surface area contributed by atoms with Gasteiger partial charge in [-0.2, -0.15) is 0 Å². The average Bonchev–Trinajstić information content (AvgIpc) is 3.36. The second-order valence-electron chi connectivity index (χ2n) is 22.9. The molecule has 0 aromatic carbocycles. The third kappa shape index (κ3) is 59.2. The fraction of sp³-hybridized carbons (Fsp3) is 0.954. The Morgan fingerprint density at radius 2 is 0.465 bits per heavy atom. The number of rotatable bonds is 60. The number of hydrogen-bond donors (Lipinski definition) is 0. The molecule has 1 atom stereocenters. The highest BCUT2D eigenvalue weighted by atomic mass is 16.6. The van der Waals surface area contributed by atoms with E-state index in [1.807, 2.05) is 0 Å². The number of hydrogen-bond acceptors (Lipinski definition) is 6. The molecule has 0 aliphatic carbocycles. The summed E-state index contributed by atoms with van der Waals surface area (Å²) in [5, 5.41) is 0. The summed E-state index contributed by atoms with van der Waals surface area (Å²) in [5.41, 5.74) is 0. The van der Waals surface area contributed by atoms with E-state index in [9.17, 15) is 14.4 Å². The maximum atomic E-state index is 12.9. The predicted molar refractivity (Wildman–Crippen MR) is 307 cm³/mol. The molecule has 0 aliphatic rings. The quantitative estimate of drug-likeness (QED) is 0.0343. The molecular formula is C65H126O6. The number of carbonyl (C=O) groups is 3. The molecular weight excluding hydrogens is 877 g/mol. The van der Waals surface area contributed by atoms with Gasteiger partial charge in [0.15, 0.2) is 6.10 Å². The van der Waals surface area contributed by atoms with E-state index in [1.165, 1.54) is 270 Å². The molecule has 0 bridgehead atoms. The highest BCUT2D eigenvalue weighted by Crippen LogP contribution is 2.19. The van der Waals surface area contributed by atoms with Crippen LogP contribution in [-0.2, 0) is 28.6 Å². The van der Waals surface area contributed by atoms with Gasteiger partial charge in [-0.05, 0) is 25.2 Å². The van der Waals surface area contributed by atoms with Crippen molar-refractivity contribution < 1.29 is 28.6 Å².